The van der Waals surface area contributed by atoms with E-state index in [2.05, 4.69) is 5.16 Å². The normalized spacial score (nSPS) is 18.0. The smallest absolute Gasteiger partial charge is 0.272 e. The molecule has 1 aromatic rings. The summed E-state index contributed by atoms with van der Waals surface area (Å²) in [6.45, 7) is 3.66. The summed E-state index contributed by atoms with van der Waals surface area (Å²) in [4.78, 5) is 15.4. The van der Waals surface area contributed by atoms with Crippen LogP contribution in [-0.2, 0) is 4.84 Å². The average molecular weight is 244 g/mol. The first-order valence-electron chi connectivity index (χ1n) is 5.06. The molecule has 0 fully saturated rings. The zero-order valence-corrected chi connectivity index (χ0v) is 9.54. The van der Waals surface area contributed by atoms with Gasteiger partial charge in [0.15, 0.2) is 0 Å². The number of nitrogens with zero attached hydrogens (tertiary/aromatic N) is 2. The van der Waals surface area contributed by atoms with Gasteiger partial charge in [-0.2, -0.15) is 0 Å². The van der Waals surface area contributed by atoms with Crippen LogP contribution >= 0.6 is 0 Å². The van der Waals surface area contributed by atoms with Crippen molar-refractivity contribution in [2.24, 2.45) is 5.16 Å². The molecule has 2 rings (SSSR count). The molecule has 5 nitrogen and oxygen atoms in total. The van der Waals surface area contributed by atoms with Gasteiger partial charge in [-0.15, -0.1) is 0 Å². The lowest BCUT2D eigenvalue weighted by molar-refractivity contribution is -0.385. The zero-order valence-electron chi connectivity index (χ0n) is 9.54. The summed E-state index contributed by atoms with van der Waals surface area (Å²) >= 11 is 0. The van der Waals surface area contributed by atoms with Crippen molar-refractivity contribution in [3.8, 4) is 0 Å². The summed E-state index contributed by atoms with van der Waals surface area (Å²) in [6.07, 6.45) is 0.836. The minimum Gasteiger partial charge on any atom is -0.392 e. The van der Waals surface area contributed by atoms with Crippen LogP contribution in [0.3, 0.4) is 0 Å². The maximum atomic E-state index is 10.7. The lowest BCUT2D eigenvalue weighted by Gasteiger charge is -2.01. The van der Waals surface area contributed by atoms with Gasteiger partial charge in [0.05, 0.1) is 10.6 Å². The molecular weight excluding hydrogens is 227 g/mol. The van der Waals surface area contributed by atoms with Crippen molar-refractivity contribution >= 4 is 11.4 Å². The molecule has 0 saturated heterocycles. The van der Waals surface area contributed by atoms with Crippen LogP contribution in [-0.4, -0.2) is 16.7 Å². The van der Waals surface area contributed by atoms with Gasteiger partial charge in [-0.1, -0.05) is 5.16 Å². The Balaban J connectivity index is 0.00000144. The van der Waals surface area contributed by atoms with E-state index in [1.807, 2.05) is 6.92 Å². The van der Waals surface area contributed by atoms with Gasteiger partial charge in [0.2, 0.25) is 0 Å². The summed E-state index contributed by atoms with van der Waals surface area (Å²) in [5.41, 5.74) is 2.53. The second-order valence-electron chi connectivity index (χ2n) is 3.92. The lowest BCUT2D eigenvalue weighted by atomic mass is 10.0. The van der Waals surface area contributed by atoms with Crippen LogP contribution in [0.1, 0.15) is 25.9 Å². The number of nitro groups is 1. The van der Waals surface area contributed by atoms with E-state index in [0.29, 0.717) is 5.56 Å². The van der Waals surface area contributed by atoms with E-state index in [1.165, 1.54) is 6.07 Å². The van der Waals surface area contributed by atoms with Crippen LogP contribution in [0.4, 0.5) is 10.4 Å². The fraction of sp³-hybridized carbons (Fsp3) is 0.364. The van der Waals surface area contributed by atoms with Gasteiger partial charge in [-0.05, 0) is 26.0 Å². The Morgan fingerprint density at radius 1 is 1.59 bits per heavy atom. The molecule has 1 aliphatic rings. The zero-order chi connectivity index (χ0) is 11.7. The highest BCUT2D eigenvalue weighted by Gasteiger charge is 2.19. The molecular formula is C11H15FN2O3. The third-order valence-electron chi connectivity index (χ3n) is 2.55. The number of nitro benzene ring substituents is 1. The number of aryl methyl sites for hydroxylation is 1. The quantitative estimate of drug-likeness (QED) is 0.593. The van der Waals surface area contributed by atoms with Crippen molar-refractivity contribution in [3.05, 3.63) is 39.4 Å². The minimum atomic E-state index is -0.380. The molecule has 6 heteroatoms. The van der Waals surface area contributed by atoms with Gasteiger partial charge in [0.1, 0.15) is 6.10 Å². The number of oxime groups is 1. The van der Waals surface area contributed by atoms with Gasteiger partial charge in [-0.3, -0.25) is 14.8 Å². The highest BCUT2D eigenvalue weighted by molar-refractivity contribution is 6.01. The largest absolute Gasteiger partial charge is 0.392 e. The predicted molar refractivity (Wildman–Crippen MR) is 64.2 cm³/mol. The average Bonchev–Trinajstić information content (AvgIpc) is 2.64. The van der Waals surface area contributed by atoms with Crippen LogP contribution in [0.25, 0.3) is 0 Å². The fourth-order valence-corrected chi connectivity index (χ4v) is 1.71. The highest BCUT2D eigenvalue weighted by atomic mass is 19.0. The highest BCUT2D eigenvalue weighted by Crippen LogP contribution is 2.22. The molecule has 0 spiro atoms. The summed E-state index contributed by atoms with van der Waals surface area (Å²) < 4.78 is 0. The second kappa shape index (κ2) is 4.90. The Morgan fingerprint density at radius 3 is 2.76 bits per heavy atom. The molecule has 1 aliphatic heterocycles. The summed E-state index contributed by atoms with van der Waals surface area (Å²) in [7, 11) is 0. The molecule has 0 aliphatic carbocycles. The van der Waals surface area contributed by atoms with Crippen molar-refractivity contribution in [3.63, 3.8) is 0 Å². The first kappa shape index (κ1) is 13.1. The third-order valence-corrected chi connectivity index (χ3v) is 2.55. The maximum absolute atomic E-state index is 10.7. The molecule has 0 N–H and O–H groups in total. The molecule has 1 unspecified atom stereocenters. The monoisotopic (exact) mass is 244 g/mol. The van der Waals surface area contributed by atoms with Crippen molar-refractivity contribution in [2.75, 3.05) is 0 Å². The Bertz CT molecular complexity index is 479. The van der Waals surface area contributed by atoms with Crippen LogP contribution in [0, 0.1) is 17.0 Å². The number of benzene rings is 1. The van der Waals surface area contributed by atoms with Gasteiger partial charge in [0, 0.05) is 25.0 Å². The van der Waals surface area contributed by atoms with Crippen molar-refractivity contribution in [2.45, 2.75) is 26.4 Å². The molecule has 0 radical (unpaired) electrons. The number of halogens is 1. The summed E-state index contributed by atoms with van der Waals surface area (Å²) in [6, 6.07) is 5.00. The Kier molecular flexibility index (Phi) is 3.77. The Hall–Kier alpha value is -1.98. The number of hydrogen-bond donors (Lipinski definition) is 0. The predicted octanol–water partition coefficient (Wildman–Crippen LogP) is 2.81. The van der Waals surface area contributed by atoms with E-state index in [-0.39, 0.29) is 22.8 Å². The van der Waals surface area contributed by atoms with Crippen LogP contribution < -0.4 is 0 Å². The molecule has 0 aromatic heterocycles. The molecule has 0 amide bonds. The molecule has 94 valence electrons. The van der Waals surface area contributed by atoms with Crippen molar-refractivity contribution < 1.29 is 15.9 Å². The van der Waals surface area contributed by atoms with Gasteiger partial charge in [-0.25, -0.2) is 0 Å². The van der Waals surface area contributed by atoms with Crippen molar-refractivity contribution in [1.29, 1.82) is 0 Å². The van der Waals surface area contributed by atoms with E-state index >= 15 is 0 Å². The minimum absolute atomic E-state index is 0. The fourth-order valence-electron chi connectivity index (χ4n) is 1.71. The second-order valence-corrected chi connectivity index (χ2v) is 3.92. The Labute approximate surface area is 99.1 Å². The lowest BCUT2D eigenvalue weighted by Crippen LogP contribution is -2.04. The SMILES string of the molecule is Cc1cc(C2=NOC(C)C2)ccc1[N+](=O)[O-].F.[3HH]. The first-order chi connectivity index (χ1) is 7.58. The van der Waals surface area contributed by atoms with E-state index in [4.69, 9.17) is 4.84 Å². The van der Waals surface area contributed by atoms with E-state index in [1.54, 1.807) is 19.1 Å². The van der Waals surface area contributed by atoms with Gasteiger partial charge in [0.25, 0.3) is 5.69 Å². The third kappa shape index (κ3) is 2.58. The molecule has 1 heterocycles. The van der Waals surface area contributed by atoms with Gasteiger partial charge >= 0.3 is 0 Å². The van der Waals surface area contributed by atoms with Crippen molar-refractivity contribution in [1.82, 2.24) is 0 Å². The Morgan fingerprint density at radius 2 is 2.29 bits per heavy atom. The molecule has 0 saturated carbocycles. The molecule has 0 bridgehead atoms. The molecule has 17 heavy (non-hydrogen) atoms. The topological polar surface area (TPSA) is 64.7 Å². The van der Waals surface area contributed by atoms with Crippen LogP contribution in [0.2, 0.25) is 0 Å². The van der Waals surface area contributed by atoms with Gasteiger partial charge < -0.3 is 4.84 Å². The molecule has 1 aromatic carbocycles. The maximum Gasteiger partial charge on any atom is 0.272 e. The van der Waals surface area contributed by atoms with Crippen LogP contribution in [0.15, 0.2) is 23.4 Å². The summed E-state index contributed by atoms with van der Waals surface area (Å²) in [5.74, 6) is 0. The standard InChI is InChI=1S/C11H12N2O3.FH.H2/c1-7-5-9(3-4-11(7)13(14)15)10-6-8(2)16-12-10;;/h3-5,8H,6H2,1-2H3;2*1H/i;;1+2. The van der Waals surface area contributed by atoms with E-state index in [0.717, 1.165) is 17.7 Å². The van der Waals surface area contributed by atoms with Crippen LogP contribution in [0.5, 0.6) is 0 Å². The molecule has 1 atom stereocenters. The van der Waals surface area contributed by atoms with E-state index in [9.17, 15) is 10.1 Å². The number of hydrogen-bond acceptors (Lipinski definition) is 4. The summed E-state index contributed by atoms with van der Waals surface area (Å²) in [5, 5.41) is 14.6. The van der Waals surface area contributed by atoms with E-state index < -0.39 is 0 Å². The number of rotatable bonds is 2. The first-order valence-corrected chi connectivity index (χ1v) is 5.06.